The van der Waals surface area contributed by atoms with E-state index in [1.54, 1.807) is 17.5 Å². The van der Waals surface area contributed by atoms with Gasteiger partial charge in [0.05, 0.1) is 28.6 Å². The second-order valence-electron chi connectivity index (χ2n) is 11.1. The number of thiophene rings is 1. The van der Waals surface area contributed by atoms with Gasteiger partial charge in [-0.15, -0.1) is 11.3 Å². The van der Waals surface area contributed by atoms with Crippen LogP contribution >= 0.6 is 22.9 Å². The highest BCUT2D eigenvalue weighted by molar-refractivity contribution is 7.19. The van der Waals surface area contributed by atoms with Crippen molar-refractivity contribution in [2.24, 2.45) is 23.2 Å². The number of carbonyl (C=O) groups is 2. The van der Waals surface area contributed by atoms with Gasteiger partial charge >= 0.3 is 0 Å². The van der Waals surface area contributed by atoms with Gasteiger partial charge in [0.1, 0.15) is 11.9 Å². The molecule has 1 N–H and O–H groups in total. The lowest BCUT2D eigenvalue weighted by Gasteiger charge is -2.31. The Balaban J connectivity index is 1.36. The molecule has 0 radical (unpaired) electrons. The van der Waals surface area contributed by atoms with Gasteiger partial charge in [-0.1, -0.05) is 32.4 Å². The number of piperidine rings is 2. The lowest BCUT2D eigenvalue weighted by atomic mass is 9.96. The number of carbonyl (C=O) groups excluding carboxylic acids is 2. The van der Waals surface area contributed by atoms with E-state index in [1.165, 1.54) is 4.90 Å². The normalized spacial score (nSPS) is 27.0. The third-order valence-electron chi connectivity index (χ3n) is 8.22. The van der Waals surface area contributed by atoms with E-state index in [1.807, 2.05) is 45.0 Å². The molecule has 2 unspecified atom stereocenters. The Hall–Kier alpha value is -2.48. The first kappa shape index (κ1) is 23.9. The number of aryl methyl sites for hydroxylation is 1. The van der Waals surface area contributed by atoms with E-state index in [-0.39, 0.29) is 35.2 Å². The predicted molar refractivity (Wildman–Crippen MR) is 142 cm³/mol. The Labute approximate surface area is 220 Å². The molecule has 0 spiro atoms. The van der Waals surface area contributed by atoms with Gasteiger partial charge in [0.25, 0.3) is 0 Å². The molecule has 6 nitrogen and oxygen atoms in total. The summed E-state index contributed by atoms with van der Waals surface area (Å²) in [6.45, 7) is 10.4. The monoisotopic (exact) mass is 523 g/mol. The summed E-state index contributed by atoms with van der Waals surface area (Å²) in [7, 11) is 0. The lowest BCUT2D eigenvalue weighted by molar-refractivity contribution is -0.143. The number of aromatic nitrogens is 1. The number of hydrogen-bond donors (Lipinski definition) is 1. The van der Waals surface area contributed by atoms with Crippen LogP contribution in [0.3, 0.4) is 0 Å². The number of benzene rings is 1. The van der Waals surface area contributed by atoms with Crippen LogP contribution in [0.25, 0.3) is 21.3 Å². The lowest BCUT2D eigenvalue weighted by Crippen LogP contribution is -2.43. The summed E-state index contributed by atoms with van der Waals surface area (Å²) in [5, 5.41) is 4.10. The minimum Gasteiger partial charge on any atom is -0.488 e. The quantitative estimate of drug-likeness (QED) is 0.451. The summed E-state index contributed by atoms with van der Waals surface area (Å²) in [5.41, 5.74) is 3.57. The first-order chi connectivity index (χ1) is 17.2. The van der Waals surface area contributed by atoms with E-state index in [9.17, 15) is 9.59 Å². The molecule has 8 heteroatoms. The molecular formula is C28H30ClN3O3S. The topological polar surface area (TPSA) is 71.5 Å². The highest BCUT2D eigenvalue weighted by Gasteiger charge is 2.72. The van der Waals surface area contributed by atoms with Crippen LogP contribution in [0.4, 0.5) is 0 Å². The first-order valence-corrected chi connectivity index (χ1v) is 13.8. The molecule has 2 saturated heterocycles. The van der Waals surface area contributed by atoms with Crippen LogP contribution in [0.5, 0.6) is 5.75 Å². The van der Waals surface area contributed by atoms with Gasteiger partial charge in [-0.25, -0.2) is 0 Å². The third-order valence-corrected chi connectivity index (χ3v) is 9.58. The van der Waals surface area contributed by atoms with Crippen molar-refractivity contribution in [3.63, 3.8) is 0 Å². The minimum absolute atomic E-state index is 0.0444. The molecule has 2 amide bonds. The molecular weight excluding hydrogens is 494 g/mol. The van der Waals surface area contributed by atoms with Crippen molar-refractivity contribution in [2.75, 3.05) is 13.1 Å². The average molecular weight is 524 g/mol. The number of ether oxygens (including phenoxy) is 1. The maximum absolute atomic E-state index is 12.9. The fourth-order valence-electron chi connectivity index (χ4n) is 5.95. The zero-order chi connectivity index (χ0) is 25.4. The van der Waals surface area contributed by atoms with Crippen molar-refractivity contribution in [3.8, 4) is 16.9 Å². The van der Waals surface area contributed by atoms with Gasteiger partial charge in [0, 0.05) is 33.8 Å². The fraction of sp³-hybridized carbons (Fsp3) is 0.464. The van der Waals surface area contributed by atoms with Gasteiger partial charge in [-0.2, -0.15) is 0 Å². The van der Waals surface area contributed by atoms with Crippen LogP contribution in [0, 0.1) is 30.1 Å². The molecule has 0 bridgehead atoms. The van der Waals surface area contributed by atoms with Crippen molar-refractivity contribution in [2.45, 2.75) is 46.8 Å². The average Bonchev–Trinajstić information content (AvgIpc) is 3.08. The standard InChI is InChI=1S/C28H30ClN3O3S/c1-14-5-7-30-12-21(14)35-24-15(2)9-16(29)10-19(24)18-6-8-31-20-11-17(36-25(18)20)13-32-26(33)22-23(27(32)34)28(22,3)4/h6,8-11,14,21-23,30H,5,7,12-13H2,1-4H3/t14-,21+,22?,23?/m0/s1. The first-order valence-electron chi connectivity index (χ1n) is 12.6. The second kappa shape index (κ2) is 8.54. The molecule has 4 atom stereocenters. The van der Waals surface area contributed by atoms with E-state index < -0.39 is 0 Å². The zero-order valence-corrected chi connectivity index (χ0v) is 22.5. The molecule has 3 aromatic rings. The smallest absolute Gasteiger partial charge is 0.234 e. The zero-order valence-electron chi connectivity index (χ0n) is 20.9. The highest BCUT2D eigenvalue weighted by atomic mass is 35.5. The number of fused-ring (bicyclic) bond motifs is 2. The van der Waals surface area contributed by atoms with Crippen LogP contribution in [0.15, 0.2) is 30.5 Å². The summed E-state index contributed by atoms with van der Waals surface area (Å²) in [5.74, 6) is 0.869. The summed E-state index contributed by atoms with van der Waals surface area (Å²) >= 11 is 8.10. The van der Waals surface area contributed by atoms with Crippen LogP contribution < -0.4 is 10.1 Å². The van der Waals surface area contributed by atoms with E-state index in [2.05, 4.69) is 17.2 Å². The molecule has 4 heterocycles. The number of likely N-dealkylation sites (tertiary alicyclic amines) is 1. The van der Waals surface area contributed by atoms with Gasteiger partial charge in [0.2, 0.25) is 11.8 Å². The molecule has 1 saturated carbocycles. The summed E-state index contributed by atoms with van der Waals surface area (Å²) in [6.07, 6.45) is 2.95. The number of rotatable bonds is 5. The molecule has 36 heavy (non-hydrogen) atoms. The maximum Gasteiger partial charge on any atom is 0.234 e. The molecule has 188 valence electrons. The third kappa shape index (κ3) is 3.75. The van der Waals surface area contributed by atoms with Crippen molar-refractivity contribution in [3.05, 3.63) is 45.9 Å². The Kier molecular flexibility index (Phi) is 5.67. The van der Waals surface area contributed by atoms with Gasteiger partial charge in [-0.3, -0.25) is 19.5 Å². The van der Waals surface area contributed by atoms with E-state index in [0.29, 0.717) is 17.5 Å². The van der Waals surface area contributed by atoms with E-state index in [0.717, 1.165) is 57.0 Å². The minimum atomic E-state index is -0.203. The van der Waals surface area contributed by atoms with Crippen molar-refractivity contribution in [1.29, 1.82) is 0 Å². The van der Waals surface area contributed by atoms with Crippen LogP contribution in [-0.2, 0) is 16.1 Å². The van der Waals surface area contributed by atoms with E-state index >= 15 is 0 Å². The number of halogens is 1. The maximum atomic E-state index is 12.9. The molecule has 3 fully saturated rings. The summed E-state index contributed by atoms with van der Waals surface area (Å²) in [6, 6.07) is 7.89. The van der Waals surface area contributed by atoms with Crippen LogP contribution in [0.2, 0.25) is 5.02 Å². The Morgan fingerprint density at radius 1 is 1.19 bits per heavy atom. The molecule has 6 rings (SSSR count). The number of nitrogens with one attached hydrogen (secondary N) is 1. The van der Waals surface area contributed by atoms with Crippen LogP contribution in [0.1, 0.15) is 37.6 Å². The van der Waals surface area contributed by atoms with Gasteiger partial charge < -0.3 is 10.1 Å². The van der Waals surface area contributed by atoms with Gasteiger partial charge in [-0.05, 0) is 61.1 Å². The van der Waals surface area contributed by atoms with Crippen molar-refractivity contribution < 1.29 is 14.3 Å². The Morgan fingerprint density at radius 2 is 1.94 bits per heavy atom. The van der Waals surface area contributed by atoms with Crippen LogP contribution in [-0.4, -0.2) is 40.9 Å². The SMILES string of the molecule is Cc1cc(Cl)cc(-c2ccnc3cc(CN4C(=O)C5C(C4=O)C5(C)C)sc23)c1O[C@@H]1CNCC[C@@H]1C. The highest BCUT2D eigenvalue weighted by Crippen LogP contribution is 2.63. The van der Waals surface area contributed by atoms with E-state index in [4.69, 9.17) is 16.3 Å². The number of pyridine rings is 1. The fourth-order valence-corrected chi connectivity index (χ4v) is 7.35. The molecule has 1 aromatic carbocycles. The molecule has 1 aliphatic carbocycles. The molecule has 3 aliphatic rings. The molecule has 2 aliphatic heterocycles. The number of imide groups is 1. The van der Waals surface area contributed by atoms with Crippen molar-refractivity contribution in [1.82, 2.24) is 15.2 Å². The second-order valence-corrected chi connectivity index (χ2v) is 12.6. The largest absolute Gasteiger partial charge is 0.488 e. The molecule has 2 aromatic heterocycles. The van der Waals surface area contributed by atoms with Crippen molar-refractivity contribution >= 4 is 45.0 Å². The Morgan fingerprint density at radius 3 is 2.67 bits per heavy atom. The number of hydrogen-bond acceptors (Lipinski definition) is 6. The summed E-state index contributed by atoms with van der Waals surface area (Å²) < 4.78 is 7.63. The number of nitrogens with zero attached hydrogens (tertiary/aromatic N) is 2. The number of amides is 2. The predicted octanol–water partition coefficient (Wildman–Crippen LogP) is 5.44. The summed E-state index contributed by atoms with van der Waals surface area (Å²) in [4.78, 5) is 32.7. The Bertz CT molecular complexity index is 1380. The van der Waals surface area contributed by atoms with Gasteiger partial charge in [0.15, 0.2) is 0 Å².